The van der Waals surface area contributed by atoms with Crippen LogP contribution < -0.4 is 10.5 Å². The van der Waals surface area contributed by atoms with Crippen molar-refractivity contribution in [3.8, 4) is 0 Å². The van der Waals surface area contributed by atoms with Gasteiger partial charge in [0.05, 0.1) is 4.90 Å². The Hall–Kier alpha value is -0.850. The Kier molecular flexibility index (Phi) is 6.90. The van der Waals surface area contributed by atoms with Crippen molar-refractivity contribution in [3.05, 3.63) is 18.0 Å². The molecule has 0 saturated carbocycles. The summed E-state index contributed by atoms with van der Waals surface area (Å²) in [4.78, 5) is 0.306. The highest BCUT2D eigenvalue weighted by Gasteiger charge is 2.18. The standard InChI is InChI=1S/C15H29N3O2S/c1-12(2)7-5-6-8-17-21(19,20)15-9-14(10-16)18(11-15)13(3)4/h9,11-13,17H,5-8,10,16H2,1-4H3. The monoisotopic (exact) mass is 315 g/mol. The fourth-order valence-electron chi connectivity index (χ4n) is 2.26. The zero-order chi connectivity index (χ0) is 16.0. The average molecular weight is 315 g/mol. The third-order valence-corrected chi connectivity index (χ3v) is 4.91. The summed E-state index contributed by atoms with van der Waals surface area (Å²) in [6.45, 7) is 9.19. The normalized spacial score (nSPS) is 12.5. The number of sulfonamides is 1. The van der Waals surface area contributed by atoms with Crippen LogP contribution in [0.5, 0.6) is 0 Å². The van der Waals surface area contributed by atoms with E-state index < -0.39 is 10.0 Å². The number of nitrogens with one attached hydrogen (secondary N) is 1. The number of nitrogens with zero attached hydrogens (tertiary/aromatic N) is 1. The Labute approximate surface area is 129 Å². The molecule has 1 aromatic rings. The van der Waals surface area contributed by atoms with Gasteiger partial charge in [0.15, 0.2) is 0 Å². The van der Waals surface area contributed by atoms with Crippen molar-refractivity contribution in [2.24, 2.45) is 11.7 Å². The minimum atomic E-state index is -3.43. The van der Waals surface area contributed by atoms with Crippen molar-refractivity contribution in [2.75, 3.05) is 6.54 Å². The molecular formula is C15H29N3O2S. The minimum Gasteiger partial charge on any atom is -0.346 e. The summed E-state index contributed by atoms with van der Waals surface area (Å²) in [6, 6.07) is 1.86. The molecule has 0 fully saturated rings. The van der Waals surface area contributed by atoms with Crippen LogP contribution in [0.1, 0.15) is 58.7 Å². The summed E-state index contributed by atoms with van der Waals surface area (Å²) in [7, 11) is -3.43. The lowest BCUT2D eigenvalue weighted by Gasteiger charge is -2.10. The highest BCUT2D eigenvalue weighted by Crippen LogP contribution is 2.18. The number of hydrogen-bond acceptors (Lipinski definition) is 3. The maximum Gasteiger partial charge on any atom is 0.242 e. The molecule has 0 aliphatic heterocycles. The predicted molar refractivity (Wildman–Crippen MR) is 86.6 cm³/mol. The number of hydrogen-bond donors (Lipinski definition) is 2. The largest absolute Gasteiger partial charge is 0.346 e. The van der Waals surface area contributed by atoms with Crippen molar-refractivity contribution in [2.45, 2.75) is 64.4 Å². The van der Waals surface area contributed by atoms with E-state index in [1.54, 1.807) is 12.3 Å². The molecule has 0 spiro atoms. The summed E-state index contributed by atoms with van der Waals surface area (Å²) in [5.74, 6) is 0.661. The third-order valence-electron chi connectivity index (χ3n) is 3.48. The molecule has 3 N–H and O–H groups in total. The van der Waals surface area contributed by atoms with Crippen molar-refractivity contribution in [1.82, 2.24) is 9.29 Å². The van der Waals surface area contributed by atoms with Gasteiger partial charge in [-0.15, -0.1) is 0 Å². The molecule has 1 aromatic heterocycles. The topological polar surface area (TPSA) is 77.1 Å². The highest BCUT2D eigenvalue weighted by molar-refractivity contribution is 7.89. The lowest BCUT2D eigenvalue weighted by molar-refractivity contribution is 0.530. The van der Waals surface area contributed by atoms with Gasteiger partial charge in [-0.25, -0.2) is 13.1 Å². The number of nitrogens with two attached hydrogens (primary N) is 1. The molecule has 1 heterocycles. The van der Waals surface area contributed by atoms with E-state index in [-0.39, 0.29) is 6.04 Å². The summed E-state index contributed by atoms with van der Waals surface area (Å²) in [5, 5.41) is 0. The van der Waals surface area contributed by atoms with Gasteiger partial charge in [-0.05, 0) is 32.3 Å². The van der Waals surface area contributed by atoms with E-state index in [2.05, 4.69) is 18.6 Å². The third kappa shape index (κ3) is 5.45. The van der Waals surface area contributed by atoms with E-state index in [9.17, 15) is 8.42 Å². The molecule has 0 radical (unpaired) electrons. The number of unbranched alkanes of at least 4 members (excludes halogenated alkanes) is 1. The van der Waals surface area contributed by atoms with Gasteiger partial charge >= 0.3 is 0 Å². The number of rotatable bonds is 9. The summed E-state index contributed by atoms with van der Waals surface area (Å²) in [6.07, 6.45) is 4.71. The molecule has 1 rings (SSSR count). The van der Waals surface area contributed by atoms with E-state index in [1.165, 1.54) is 0 Å². The van der Waals surface area contributed by atoms with Gasteiger partial charge in [-0.3, -0.25) is 0 Å². The van der Waals surface area contributed by atoms with Crippen LogP contribution in [0.15, 0.2) is 17.2 Å². The Bertz CT molecular complexity index is 533. The molecule has 5 nitrogen and oxygen atoms in total. The van der Waals surface area contributed by atoms with Crippen LogP contribution in [0, 0.1) is 5.92 Å². The molecule has 0 unspecified atom stereocenters. The van der Waals surface area contributed by atoms with Gasteiger partial charge in [0, 0.05) is 31.0 Å². The zero-order valence-corrected chi connectivity index (χ0v) is 14.4. The van der Waals surface area contributed by atoms with Gasteiger partial charge in [-0.2, -0.15) is 0 Å². The van der Waals surface area contributed by atoms with E-state index in [1.807, 2.05) is 18.4 Å². The van der Waals surface area contributed by atoms with Gasteiger partial charge in [-0.1, -0.05) is 26.7 Å². The molecule has 0 saturated heterocycles. The quantitative estimate of drug-likeness (QED) is 0.688. The lowest BCUT2D eigenvalue weighted by atomic mass is 10.1. The highest BCUT2D eigenvalue weighted by atomic mass is 32.2. The Morgan fingerprint density at radius 3 is 2.38 bits per heavy atom. The van der Waals surface area contributed by atoms with E-state index in [4.69, 9.17) is 5.73 Å². The second kappa shape index (κ2) is 7.96. The van der Waals surface area contributed by atoms with Crippen LogP contribution >= 0.6 is 0 Å². The predicted octanol–water partition coefficient (Wildman–Crippen LogP) is 2.63. The first kappa shape index (κ1) is 18.2. The SMILES string of the molecule is CC(C)CCCCNS(=O)(=O)c1cc(CN)n(C(C)C)c1. The summed E-state index contributed by atoms with van der Waals surface area (Å²) < 4.78 is 29.1. The van der Waals surface area contributed by atoms with E-state index in [0.717, 1.165) is 25.0 Å². The van der Waals surface area contributed by atoms with Crippen LogP contribution in [0.25, 0.3) is 0 Å². The minimum absolute atomic E-state index is 0.193. The molecule has 0 atom stereocenters. The van der Waals surface area contributed by atoms with Crippen LogP contribution in [-0.2, 0) is 16.6 Å². The van der Waals surface area contributed by atoms with Crippen molar-refractivity contribution in [3.63, 3.8) is 0 Å². The van der Waals surface area contributed by atoms with E-state index in [0.29, 0.717) is 23.9 Å². The first-order chi connectivity index (χ1) is 9.77. The van der Waals surface area contributed by atoms with Gasteiger partial charge in [0.25, 0.3) is 0 Å². The molecule has 0 aliphatic carbocycles. The van der Waals surface area contributed by atoms with Crippen LogP contribution in [0.4, 0.5) is 0 Å². The lowest BCUT2D eigenvalue weighted by Crippen LogP contribution is -2.24. The van der Waals surface area contributed by atoms with Crippen LogP contribution in [0.2, 0.25) is 0 Å². The van der Waals surface area contributed by atoms with Gasteiger partial charge in [0.1, 0.15) is 0 Å². The molecule has 0 bridgehead atoms. The first-order valence-corrected chi connectivity index (χ1v) is 9.16. The first-order valence-electron chi connectivity index (χ1n) is 7.68. The van der Waals surface area contributed by atoms with E-state index >= 15 is 0 Å². The average Bonchev–Trinajstić information content (AvgIpc) is 2.82. The molecule has 6 heteroatoms. The maximum absolute atomic E-state index is 12.3. The molecule has 122 valence electrons. The second-order valence-electron chi connectivity index (χ2n) is 6.16. The van der Waals surface area contributed by atoms with Crippen molar-refractivity contribution < 1.29 is 8.42 Å². The molecule has 0 amide bonds. The van der Waals surface area contributed by atoms with Crippen LogP contribution in [0.3, 0.4) is 0 Å². The van der Waals surface area contributed by atoms with Crippen molar-refractivity contribution in [1.29, 1.82) is 0 Å². The number of aromatic nitrogens is 1. The molecule has 0 aliphatic rings. The van der Waals surface area contributed by atoms with Crippen LogP contribution in [-0.4, -0.2) is 19.5 Å². The molecule has 21 heavy (non-hydrogen) atoms. The molecular weight excluding hydrogens is 286 g/mol. The fraction of sp³-hybridized carbons (Fsp3) is 0.733. The second-order valence-corrected chi connectivity index (χ2v) is 7.93. The van der Waals surface area contributed by atoms with Crippen molar-refractivity contribution >= 4 is 10.0 Å². The van der Waals surface area contributed by atoms with Gasteiger partial charge in [0.2, 0.25) is 10.0 Å². The maximum atomic E-state index is 12.3. The Morgan fingerprint density at radius 2 is 1.90 bits per heavy atom. The summed E-state index contributed by atoms with van der Waals surface area (Å²) in [5.41, 5.74) is 6.52. The molecule has 0 aromatic carbocycles. The smallest absolute Gasteiger partial charge is 0.242 e. The van der Waals surface area contributed by atoms with Gasteiger partial charge < -0.3 is 10.3 Å². The fourth-order valence-corrected chi connectivity index (χ4v) is 3.38. The Morgan fingerprint density at radius 1 is 1.24 bits per heavy atom. The summed E-state index contributed by atoms with van der Waals surface area (Å²) >= 11 is 0. The zero-order valence-electron chi connectivity index (χ0n) is 13.6. The Balaban J connectivity index is 2.66.